The molecule has 1 aromatic heterocycles. The molecule has 0 atom stereocenters. The van der Waals surface area contributed by atoms with Gasteiger partial charge in [0.1, 0.15) is 5.82 Å². The Labute approximate surface area is 120 Å². The van der Waals surface area contributed by atoms with Gasteiger partial charge in [-0.25, -0.2) is 9.48 Å². The molecule has 108 valence electrons. The van der Waals surface area contributed by atoms with Crippen LogP contribution in [-0.4, -0.2) is 14.3 Å². The molecule has 0 aliphatic carbocycles. The van der Waals surface area contributed by atoms with E-state index in [0.717, 1.165) is 11.4 Å². The fourth-order valence-electron chi connectivity index (χ4n) is 2.30. The van der Waals surface area contributed by atoms with Crippen molar-refractivity contribution in [1.82, 2.24) is 14.3 Å². The van der Waals surface area contributed by atoms with E-state index in [-0.39, 0.29) is 11.1 Å². The topological polar surface area (TPSA) is 39.8 Å². The highest BCUT2D eigenvalue weighted by Crippen LogP contribution is 2.22. The van der Waals surface area contributed by atoms with Crippen molar-refractivity contribution in [2.24, 2.45) is 0 Å². The maximum atomic E-state index is 12.1. The Bertz CT molecular complexity index is 642. The van der Waals surface area contributed by atoms with E-state index >= 15 is 0 Å². The first-order valence-electron chi connectivity index (χ1n) is 7.06. The van der Waals surface area contributed by atoms with Crippen LogP contribution in [0.25, 0.3) is 0 Å². The summed E-state index contributed by atoms with van der Waals surface area (Å²) in [7, 11) is 0. The lowest BCUT2D eigenvalue weighted by Gasteiger charge is -2.19. The summed E-state index contributed by atoms with van der Waals surface area (Å²) in [4.78, 5) is 12.1. The van der Waals surface area contributed by atoms with Gasteiger partial charge in [0.05, 0.1) is 6.54 Å². The summed E-state index contributed by atoms with van der Waals surface area (Å²) in [6, 6.07) is 8.41. The van der Waals surface area contributed by atoms with Crippen LogP contribution in [0.4, 0.5) is 0 Å². The number of rotatable bonds is 3. The highest BCUT2D eigenvalue weighted by Gasteiger charge is 2.13. The minimum absolute atomic E-state index is 0.0371. The molecule has 1 heterocycles. The van der Waals surface area contributed by atoms with Gasteiger partial charge in [-0.1, -0.05) is 45.0 Å². The number of aryl methyl sites for hydroxylation is 1. The van der Waals surface area contributed by atoms with Crippen molar-refractivity contribution < 1.29 is 0 Å². The monoisotopic (exact) mass is 273 g/mol. The number of hydrogen-bond donors (Lipinski definition) is 0. The van der Waals surface area contributed by atoms with Crippen LogP contribution in [0, 0.1) is 6.92 Å². The Morgan fingerprint density at radius 2 is 1.75 bits per heavy atom. The summed E-state index contributed by atoms with van der Waals surface area (Å²) in [6.45, 7) is 11.6. The van der Waals surface area contributed by atoms with Crippen molar-refractivity contribution in [1.29, 1.82) is 0 Å². The SMILES string of the molecule is CCn1c(C)nn(Cc2ccc(C(C)(C)C)cc2)c1=O. The summed E-state index contributed by atoms with van der Waals surface area (Å²) >= 11 is 0. The van der Waals surface area contributed by atoms with E-state index in [9.17, 15) is 4.79 Å². The van der Waals surface area contributed by atoms with Crippen LogP contribution in [0.5, 0.6) is 0 Å². The van der Waals surface area contributed by atoms with Crippen LogP contribution >= 0.6 is 0 Å². The van der Waals surface area contributed by atoms with Gasteiger partial charge in [0.25, 0.3) is 0 Å². The molecule has 0 aliphatic heterocycles. The van der Waals surface area contributed by atoms with Crippen LogP contribution in [0.2, 0.25) is 0 Å². The average molecular weight is 273 g/mol. The highest BCUT2D eigenvalue weighted by molar-refractivity contribution is 5.27. The Kier molecular flexibility index (Phi) is 3.84. The van der Waals surface area contributed by atoms with Gasteiger partial charge in [-0.05, 0) is 30.4 Å². The fourth-order valence-corrected chi connectivity index (χ4v) is 2.30. The van der Waals surface area contributed by atoms with Gasteiger partial charge in [-0.3, -0.25) is 4.57 Å². The van der Waals surface area contributed by atoms with Crippen LogP contribution in [0.15, 0.2) is 29.1 Å². The molecule has 0 unspecified atom stereocenters. The zero-order valence-electron chi connectivity index (χ0n) is 13.0. The van der Waals surface area contributed by atoms with Gasteiger partial charge >= 0.3 is 5.69 Å². The van der Waals surface area contributed by atoms with Gasteiger partial charge in [0.15, 0.2) is 0 Å². The molecule has 2 aromatic rings. The van der Waals surface area contributed by atoms with E-state index in [1.165, 1.54) is 10.2 Å². The van der Waals surface area contributed by atoms with E-state index < -0.39 is 0 Å². The summed E-state index contributed by atoms with van der Waals surface area (Å²) in [6.07, 6.45) is 0. The lowest BCUT2D eigenvalue weighted by atomic mass is 9.87. The van der Waals surface area contributed by atoms with Crippen molar-refractivity contribution >= 4 is 0 Å². The molecule has 0 fully saturated rings. The van der Waals surface area contributed by atoms with Crippen molar-refractivity contribution in [2.75, 3.05) is 0 Å². The molecule has 4 nitrogen and oxygen atoms in total. The molecule has 0 saturated heterocycles. The third kappa shape index (κ3) is 2.84. The molecular weight excluding hydrogens is 250 g/mol. The van der Waals surface area contributed by atoms with Gasteiger partial charge in [0.2, 0.25) is 0 Å². The Morgan fingerprint density at radius 3 is 2.20 bits per heavy atom. The average Bonchev–Trinajstić information content (AvgIpc) is 2.63. The summed E-state index contributed by atoms with van der Waals surface area (Å²) in [5, 5.41) is 4.31. The van der Waals surface area contributed by atoms with Gasteiger partial charge in [-0.2, -0.15) is 5.10 Å². The van der Waals surface area contributed by atoms with Crippen LogP contribution in [-0.2, 0) is 18.5 Å². The highest BCUT2D eigenvalue weighted by atomic mass is 16.2. The number of hydrogen-bond acceptors (Lipinski definition) is 2. The number of aromatic nitrogens is 3. The molecule has 4 heteroatoms. The molecule has 1 aromatic carbocycles. The zero-order chi connectivity index (χ0) is 14.9. The quantitative estimate of drug-likeness (QED) is 0.862. The van der Waals surface area contributed by atoms with Gasteiger partial charge < -0.3 is 0 Å². The number of nitrogens with zero attached hydrogens (tertiary/aromatic N) is 3. The first-order chi connectivity index (χ1) is 9.32. The van der Waals surface area contributed by atoms with Gasteiger partial charge in [0, 0.05) is 6.54 Å². The first-order valence-corrected chi connectivity index (χ1v) is 7.06. The predicted molar refractivity (Wildman–Crippen MR) is 81.1 cm³/mol. The molecule has 0 aliphatic rings. The molecule has 0 saturated carbocycles. The zero-order valence-corrected chi connectivity index (χ0v) is 13.0. The minimum Gasteiger partial charge on any atom is -0.279 e. The molecular formula is C16H23N3O. The van der Waals surface area contributed by atoms with E-state index in [1.54, 1.807) is 4.57 Å². The van der Waals surface area contributed by atoms with Crippen LogP contribution in [0.1, 0.15) is 44.6 Å². The molecule has 0 bridgehead atoms. The third-order valence-electron chi connectivity index (χ3n) is 3.58. The lowest BCUT2D eigenvalue weighted by Crippen LogP contribution is -2.25. The first kappa shape index (κ1) is 14.6. The molecule has 20 heavy (non-hydrogen) atoms. The predicted octanol–water partition coefficient (Wildman–Crippen LogP) is 2.72. The van der Waals surface area contributed by atoms with Crippen LogP contribution in [0.3, 0.4) is 0 Å². The van der Waals surface area contributed by atoms with Crippen molar-refractivity contribution in [3.8, 4) is 0 Å². The normalized spacial score (nSPS) is 11.8. The molecule has 0 spiro atoms. The van der Waals surface area contributed by atoms with E-state index in [4.69, 9.17) is 0 Å². The maximum Gasteiger partial charge on any atom is 0.346 e. The summed E-state index contributed by atoms with van der Waals surface area (Å²) in [5.74, 6) is 0.767. The maximum absolute atomic E-state index is 12.1. The van der Waals surface area contributed by atoms with Gasteiger partial charge in [-0.15, -0.1) is 0 Å². The Hall–Kier alpha value is -1.84. The Balaban J connectivity index is 2.25. The number of benzene rings is 1. The second-order valence-electron chi connectivity index (χ2n) is 6.18. The molecule has 2 rings (SSSR count). The largest absolute Gasteiger partial charge is 0.346 e. The fraction of sp³-hybridized carbons (Fsp3) is 0.500. The Morgan fingerprint density at radius 1 is 1.15 bits per heavy atom. The summed E-state index contributed by atoms with van der Waals surface area (Å²) in [5.41, 5.74) is 2.50. The van der Waals surface area contributed by atoms with Crippen molar-refractivity contribution in [2.45, 2.75) is 53.1 Å². The lowest BCUT2D eigenvalue weighted by molar-refractivity contribution is 0.588. The van der Waals surface area contributed by atoms with Crippen molar-refractivity contribution in [3.63, 3.8) is 0 Å². The second kappa shape index (κ2) is 5.27. The van der Waals surface area contributed by atoms with E-state index in [2.05, 4.69) is 50.1 Å². The van der Waals surface area contributed by atoms with E-state index in [1.807, 2.05) is 13.8 Å². The molecule has 0 N–H and O–H groups in total. The smallest absolute Gasteiger partial charge is 0.279 e. The second-order valence-corrected chi connectivity index (χ2v) is 6.18. The standard InChI is InChI=1S/C16H23N3O/c1-6-18-12(2)17-19(15(18)20)11-13-7-9-14(10-8-13)16(3,4)5/h7-10H,6,11H2,1-5H3. The van der Waals surface area contributed by atoms with Crippen molar-refractivity contribution in [3.05, 3.63) is 51.7 Å². The van der Waals surface area contributed by atoms with Crippen LogP contribution < -0.4 is 5.69 Å². The third-order valence-corrected chi connectivity index (χ3v) is 3.58. The molecule has 0 radical (unpaired) electrons. The van der Waals surface area contributed by atoms with E-state index in [0.29, 0.717) is 13.1 Å². The molecule has 0 amide bonds. The summed E-state index contributed by atoms with van der Waals surface area (Å²) < 4.78 is 3.22. The minimum atomic E-state index is -0.0371.